The smallest absolute Gasteiger partial charge is 0.338 e. The SMILES string of the molecule is O=C(O)c1ccnnc1Sc1cc2ccccc2[nH]1. The van der Waals surface area contributed by atoms with Crippen LogP contribution in [0.2, 0.25) is 0 Å². The molecule has 2 heterocycles. The van der Waals surface area contributed by atoms with Crippen LogP contribution in [0.5, 0.6) is 0 Å². The summed E-state index contributed by atoms with van der Waals surface area (Å²) in [5.74, 6) is -1.01. The number of rotatable bonds is 3. The molecule has 0 spiro atoms. The third kappa shape index (κ3) is 2.30. The van der Waals surface area contributed by atoms with E-state index in [1.54, 1.807) is 0 Å². The highest BCUT2D eigenvalue weighted by Gasteiger charge is 2.13. The zero-order valence-electron chi connectivity index (χ0n) is 9.70. The van der Waals surface area contributed by atoms with Gasteiger partial charge in [0.05, 0.1) is 16.8 Å². The van der Waals surface area contributed by atoms with E-state index in [0.29, 0.717) is 5.03 Å². The highest BCUT2D eigenvalue weighted by molar-refractivity contribution is 7.99. The number of H-pyrrole nitrogens is 1. The Hall–Kier alpha value is -2.34. The summed E-state index contributed by atoms with van der Waals surface area (Å²) < 4.78 is 0. The molecule has 0 aliphatic heterocycles. The maximum absolute atomic E-state index is 11.1. The van der Waals surface area contributed by atoms with Crippen LogP contribution in [0, 0.1) is 0 Å². The van der Waals surface area contributed by atoms with Crippen molar-refractivity contribution >= 4 is 28.6 Å². The van der Waals surface area contributed by atoms with Crippen LogP contribution >= 0.6 is 11.8 Å². The van der Waals surface area contributed by atoms with E-state index in [2.05, 4.69) is 15.2 Å². The van der Waals surface area contributed by atoms with E-state index >= 15 is 0 Å². The third-order valence-electron chi connectivity index (χ3n) is 2.63. The fourth-order valence-electron chi connectivity index (χ4n) is 1.76. The summed E-state index contributed by atoms with van der Waals surface area (Å²) in [6.45, 7) is 0. The number of aromatic carboxylic acids is 1. The number of aromatic amines is 1. The van der Waals surface area contributed by atoms with Gasteiger partial charge < -0.3 is 10.1 Å². The van der Waals surface area contributed by atoms with E-state index < -0.39 is 5.97 Å². The van der Waals surface area contributed by atoms with Crippen molar-refractivity contribution in [3.63, 3.8) is 0 Å². The summed E-state index contributed by atoms with van der Waals surface area (Å²) in [6, 6.07) is 11.3. The standard InChI is InChI=1S/C13H9N3O2S/c17-13(18)9-5-6-14-16-12(9)19-11-7-8-3-1-2-4-10(8)15-11/h1-7,15H,(H,17,18). The van der Waals surface area contributed by atoms with Crippen molar-refractivity contribution in [2.24, 2.45) is 0 Å². The summed E-state index contributed by atoms with van der Waals surface area (Å²) in [4.78, 5) is 14.3. The Kier molecular flexibility index (Phi) is 2.92. The van der Waals surface area contributed by atoms with Crippen LogP contribution in [-0.2, 0) is 0 Å². The molecule has 1 aromatic carbocycles. The molecule has 2 aromatic heterocycles. The van der Waals surface area contributed by atoms with E-state index in [-0.39, 0.29) is 5.56 Å². The first-order valence-electron chi connectivity index (χ1n) is 5.54. The number of carboxylic acids is 1. The van der Waals surface area contributed by atoms with E-state index in [0.717, 1.165) is 15.9 Å². The topological polar surface area (TPSA) is 78.9 Å². The highest BCUT2D eigenvalue weighted by Crippen LogP contribution is 2.30. The molecule has 2 N–H and O–H groups in total. The number of nitrogens with one attached hydrogen (secondary N) is 1. The van der Waals surface area contributed by atoms with Gasteiger partial charge in [0, 0.05) is 10.9 Å². The first kappa shape index (κ1) is 11.7. The van der Waals surface area contributed by atoms with Crippen molar-refractivity contribution in [3.05, 3.63) is 48.2 Å². The average molecular weight is 271 g/mol. The number of fused-ring (bicyclic) bond motifs is 1. The quantitative estimate of drug-likeness (QED) is 0.765. The normalized spacial score (nSPS) is 10.7. The summed E-state index contributed by atoms with van der Waals surface area (Å²) >= 11 is 1.26. The molecule has 0 bridgehead atoms. The summed E-state index contributed by atoms with van der Waals surface area (Å²) in [5, 5.41) is 19.0. The van der Waals surface area contributed by atoms with Gasteiger partial charge in [-0.25, -0.2) is 4.79 Å². The number of carboxylic acid groups (broad SMARTS) is 1. The van der Waals surface area contributed by atoms with E-state index in [4.69, 9.17) is 5.11 Å². The number of carbonyl (C=O) groups is 1. The molecule has 0 aliphatic rings. The molecule has 0 radical (unpaired) electrons. The summed E-state index contributed by atoms with van der Waals surface area (Å²) in [6.07, 6.45) is 1.37. The van der Waals surface area contributed by atoms with E-state index in [9.17, 15) is 4.79 Å². The number of aromatic nitrogens is 3. The number of para-hydroxylation sites is 1. The monoisotopic (exact) mass is 271 g/mol. The second-order valence-electron chi connectivity index (χ2n) is 3.88. The molecule has 0 aliphatic carbocycles. The molecule has 0 amide bonds. The van der Waals surface area contributed by atoms with Gasteiger partial charge in [0.15, 0.2) is 0 Å². The van der Waals surface area contributed by atoms with Crippen molar-refractivity contribution < 1.29 is 9.90 Å². The number of hydrogen-bond donors (Lipinski definition) is 2. The van der Waals surface area contributed by atoms with Crippen molar-refractivity contribution in [1.82, 2.24) is 15.2 Å². The first-order valence-corrected chi connectivity index (χ1v) is 6.36. The molecular weight excluding hydrogens is 262 g/mol. The lowest BCUT2D eigenvalue weighted by atomic mass is 10.3. The number of nitrogens with zero attached hydrogens (tertiary/aromatic N) is 2. The van der Waals surface area contributed by atoms with Crippen LogP contribution in [0.3, 0.4) is 0 Å². The number of benzene rings is 1. The van der Waals surface area contributed by atoms with E-state index in [1.807, 2.05) is 30.3 Å². The highest BCUT2D eigenvalue weighted by atomic mass is 32.2. The Balaban J connectivity index is 1.99. The molecule has 3 rings (SSSR count). The molecule has 94 valence electrons. The first-order chi connectivity index (χ1) is 9.24. The van der Waals surface area contributed by atoms with Crippen LogP contribution in [-0.4, -0.2) is 26.3 Å². The predicted molar refractivity (Wildman–Crippen MR) is 71.4 cm³/mol. The van der Waals surface area contributed by atoms with Crippen molar-refractivity contribution in [2.75, 3.05) is 0 Å². The second-order valence-corrected chi connectivity index (χ2v) is 4.91. The van der Waals surface area contributed by atoms with Crippen LogP contribution in [0.25, 0.3) is 10.9 Å². The van der Waals surface area contributed by atoms with Gasteiger partial charge in [0.25, 0.3) is 0 Å². The molecule has 0 atom stereocenters. The number of hydrogen-bond acceptors (Lipinski definition) is 4. The Morgan fingerprint density at radius 3 is 2.89 bits per heavy atom. The Morgan fingerprint density at radius 1 is 1.26 bits per heavy atom. The maximum atomic E-state index is 11.1. The lowest BCUT2D eigenvalue weighted by Crippen LogP contribution is -2.01. The maximum Gasteiger partial charge on any atom is 0.338 e. The molecule has 0 saturated heterocycles. The van der Waals surface area contributed by atoms with Gasteiger partial charge in [-0.2, -0.15) is 5.10 Å². The summed E-state index contributed by atoms with van der Waals surface area (Å²) in [5.41, 5.74) is 1.16. The Morgan fingerprint density at radius 2 is 2.11 bits per heavy atom. The van der Waals surface area contributed by atoms with Crippen LogP contribution in [0.4, 0.5) is 0 Å². The van der Waals surface area contributed by atoms with Crippen molar-refractivity contribution in [3.8, 4) is 0 Å². The Labute approximate surface area is 112 Å². The van der Waals surface area contributed by atoms with E-state index in [1.165, 1.54) is 24.0 Å². The van der Waals surface area contributed by atoms with Crippen LogP contribution < -0.4 is 0 Å². The molecule has 0 fully saturated rings. The second kappa shape index (κ2) is 4.74. The van der Waals surface area contributed by atoms with Gasteiger partial charge in [0.1, 0.15) is 5.03 Å². The molecule has 0 unspecified atom stereocenters. The van der Waals surface area contributed by atoms with Gasteiger partial charge in [-0.1, -0.05) is 18.2 Å². The van der Waals surface area contributed by atoms with Gasteiger partial charge in [0.2, 0.25) is 0 Å². The molecule has 0 saturated carbocycles. The Bertz CT molecular complexity index is 721. The minimum absolute atomic E-state index is 0.152. The fourth-order valence-corrected chi connectivity index (χ4v) is 2.67. The molecule has 3 aromatic rings. The molecule has 19 heavy (non-hydrogen) atoms. The van der Waals surface area contributed by atoms with Gasteiger partial charge in [-0.15, -0.1) is 5.10 Å². The van der Waals surface area contributed by atoms with Gasteiger partial charge >= 0.3 is 5.97 Å². The average Bonchev–Trinajstić information content (AvgIpc) is 2.81. The van der Waals surface area contributed by atoms with Gasteiger partial charge in [-0.3, -0.25) is 0 Å². The third-order valence-corrected chi connectivity index (χ3v) is 3.56. The predicted octanol–water partition coefficient (Wildman–Crippen LogP) is 2.81. The minimum Gasteiger partial charge on any atom is -0.478 e. The molecule has 5 nitrogen and oxygen atoms in total. The lowest BCUT2D eigenvalue weighted by Gasteiger charge is -2.00. The fraction of sp³-hybridized carbons (Fsp3) is 0. The largest absolute Gasteiger partial charge is 0.478 e. The van der Waals surface area contributed by atoms with Crippen LogP contribution in [0.15, 0.2) is 52.6 Å². The minimum atomic E-state index is -1.01. The van der Waals surface area contributed by atoms with Gasteiger partial charge in [-0.05, 0) is 30.0 Å². The van der Waals surface area contributed by atoms with Crippen LogP contribution in [0.1, 0.15) is 10.4 Å². The molecular formula is C13H9N3O2S. The van der Waals surface area contributed by atoms with Crippen molar-refractivity contribution in [1.29, 1.82) is 0 Å². The molecule has 6 heteroatoms. The lowest BCUT2D eigenvalue weighted by molar-refractivity contribution is 0.0692. The van der Waals surface area contributed by atoms with Crippen molar-refractivity contribution in [2.45, 2.75) is 10.1 Å². The zero-order valence-corrected chi connectivity index (χ0v) is 10.5. The zero-order chi connectivity index (χ0) is 13.2. The summed E-state index contributed by atoms with van der Waals surface area (Å²) in [7, 11) is 0.